The summed E-state index contributed by atoms with van der Waals surface area (Å²) < 4.78 is 6.17. The summed E-state index contributed by atoms with van der Waals surface area (Å²) in [5, 5.41) is 5.36. The summed E-state index contributed by atoms with van der Waals surface area (Å²) >= 11 is 2.08. The van der Waals surface area contributed by atoms with Crippen molar-refractivity contribution in [2.75, 3.05) is 0 Å². The molecular formula is C10H11IN2O3. The van der Waals surface area contributed by atoms with Crippen molar-refractivity contribution in [1.82, 2.24) is 10.6 Å². The first-order valence-corrected chi connectivity index (χ1v) is 6.04. The Hall–Kier alpha value is -0.890. The second-order valence-electron chi connectivity index (χ2n) is 3.59. The van der Waals surface area contributed by atoms with Crippen molar-refractivity contribution in [3.8, 4) is 0 Å². The molecule has 1 unspecified atom stereocenters. The Labute approximate surface area is 106 Å². The summed E-state index contributed by atoms with van der Waals surface area (Å²) in [5.74, 6) is 0.335. The molecule has 5 nitrogen and oxygen atoms in total. The molecule has 1 saturated heterocycles. The van der Waals surface area contributed by atoms with Crippen LogP contribution in [0, 0.1) is 3.77 Å². The van der Waals surface area contributed by atoms with Crippen molar-refractivity contribution in [2.24, 2.45) is 0 Å². The first-order chi connectivity index (χ1) is 7.65. The fourth-order valence-corrected chi connectivity index (χ4v) is 2.02. The Morgan fingerprint density at radius 2 is 2.31 bits per heavy atom. The Balaban J connectivity index is 1.86. The molecule has 1 fully saturated rings. The highest BCUT2D eigenvalue weighted by Gasteiger charge is 2.25. The number of carbonyl (C=O) groups is 2. The molecule has 16 heavy (non-hydrogen) atoms. The van der Waals surface area contributed by atoms with Crippen LogP contribution >= 0.6 is 22.6 Å². The van der Waals surface area contributed by atoms with E-state index in [2.05, 4.69) is 33.2 Å². The number of nitrogens with one attached hydrogen (secondary N) is 2. The van der Waals surface area contributed by atoms with E-state index in [1.807, 2.05) is 12.1 Å². The number of carbonyl (C=O) groups excluding carboxylic acids is 2. The van der Waals surface area contributed by atoms with Crippen LogP contribution in [0.15, 0.2) is 16.5 Å². The van der Waals surface area contributed by atoms with Crippen LogP contribution in [0.3, 0.4) is 0 Å². The maximum absolute atomic E-state index is 11.4. The van der Waals surface area contributed by atoms with Gasteiger partial charge in [0.1, 0.15) is 5.76 Å². The highest BCUT2D eigenvalue weighted by Crippen LogP contribution is 2.11. The van der Waals surface area contributed by atoms with Crippen molar-refractivity contribution in [1.29, 1.82) is 0 Å². The van der Waals surface area contributed by atoms with Crippen LogP contribution in [0.5, 0.6) is 0 Å². The lowest BCUT2D eigenvalue weighted by molar-refractivity contribution is -0.134. The van der Waals surface area contributed by atoms with Crippen molar-refractivity contribution < 1.29 is 14.0 Å². The Kier molecular flexibility index (Phi) is 3.59. The minimum atomic E-state index is -0.305. The Morgan fingerprint density at radius 1 is 1.50 bits per heavy atom. The Morgan fingerprint density at radius 3 is 2.94 bits per heavy atom. The van der Waals surface area contributed by atoms with Gasteiger partial charge in [0.2, 0.25) is 11.8 Å². The lowest BCUT2D eigenvalue weighted by Gasteiger charge is -2.21. The van der Waals surface area contributed by atoms with Gasteiger partial charge in [-0.05, 0) is 41.1 Å². The molecule has 2 amide bonds. The minimum Gasteiger partial charge on any atom is -0.454 e. The van der Waals surface area contributed by atoms with Gasteiger partial charge >= 0.3 is 0 Å². The van der Waals surface area contributed by atoms with E-state index in [1.54, 1.807) is 0 Å². The highest BCUT2D eigenvalue weighted by molar-refractivity contribution is 14.1. The summed E-state index contributed by atoms with van der Waals surface area (Å²) in [6, 6.07) is 3.42. The van der Waals surface area contributed by atoms with E-state index in [4.69, 9.17) is 4.42 Å². The highest BCUT2D eigenvalue weighted by atomic mass is 127. The quantitative estimate of drug-likeness (QED) is 0.633. The average molecular weight is 334 g/mol. The van der Waals surface area contributed by atoms with Crippen molar-refractivity contribution >= 4 is 34.4 Å². The molecule has 0 saturated carbocycles. The third kappa shape index (κ3) is 2.82. The molecule has 2 rings (SSSR count). The normalized spacial score (nSPS) is 20.9. The van der Waals surface area contributed by atoms with Gasteiger partial charge in [-0.1, -0.05) is 0 Å². The third-order valence-electron chi connectivity index (χ3n) is 2.39. The molecule has 0 radical (unpaired) electrons. The lowest BCUT2D eigenvalue weighted by Crippen LogP contribution is -2.50. The van der Waals surface area contributed by atoms with Gasteiger partial charge in [-0.3, -0.25) is 20.2 Å². The van der Waals surface area contributed by atoms with Gasteiger partial charge in [0.15, 0.2) is 3.77 Å². The molecule has 1 atom stereocenters. The second kappa shape index (κ2) is 4.96. The average Bonchev–Trinajstić information content (AvgIpc) is 2.63. The smallest absolute Gasteiger partial charge is 0.243 e. The van der Waals surface area contributed by atoms with Gasteiger partial charge in [0, 0.05) is 6.42 Å². The van der Waals surface area contributed by atoms with Crippen molar-refractivity contribution in [2.45, 2.75) is 25.4 Å². The summed E-state index contributed by atoms with van der Waals surface area (Å²) in [6.07, 6.45) is 0.932. The third-order valence-corrected chi connectivity index (χ3v) is 2.97. The molecule has 1 aromatic heterocycles. The van der Waals surface area contributed by atoms with Gasteiger partial charge < -0.3 is 4.42 Å². The van der Waals surface area contributed by atoms with E-state index < -0.39 is 0 Å². The molecule has 2 heterocycles. The van der Waals surface area contributed by atoms with Gasteiger partial charge in [-0.15, -0.1) is 0 Å². The van der Waals surface area contributed by atoms with Crippen LogP contribution in [-0.4, -0.2) is 17.9 Å². The summed E-state index contributed by atoms with van der Waals surface area (Å²) in [5.41, 5.74) is 0. The zero-order valence-corrected chi connectivity index (χ0v) is 10.6. The number of imide groups is 1. The predicted octanol–water partition coefficient (Wildman–Crippen LogP) is 0.779. The molecule has 1 aromatic rings. The van der Waals surface area contributed by atoms with E-state index in [0.29, 0.717) is 19.4 Å². The number of furan rings is 1. The second-order valence-corrected chi connectivity index (χ2v) is 4.65. The molecule has 0 bridgehead atoms. The summed E-state index contributed by atoms with van der Waals surface area (Å²) in [7, 11) is 0. The summed E-state index contributed by atoms with van der Waals surface area (Å²) in [6.45, 7) is 0.495. The lowest BCUT2D eigenvalue weighted by atomic mass is 10.1. The molecule has 0 spiro atoms. The maximum atomic E-state index is 11.4. The number of halogens is 1. The zero-order valence-electron chi connectivity index (χ0n) is 8.46. The van der Waals surface area contributed by atoms with E-state index in [-0.39, 0.29) is 17.9 Å². The Bertz CT molecular complexity index is 416. The minimum absolute atomic E-state index is 0.199. The summed E-state index contributed by atoms with van der Waals surface area (Å²) in [4.78, 5) is 22.3. The molecule has 1 aliphatic heterocycles. The SMILES string of the molecule is O=C1CCC(NCc2ccc(I)o2)C(=O)N1. The topological polar surface area (TPSA) is 71.3 Å². The number of piperidine rings is 1. The van der Waals surface area contributed by atoms with Gasteiger partial charge in [0.05, 0.1) is 12.6 Å². The number of hydrogen-bond donors (Lipinski definition) is 2. The van der Waals surface area contributed by atoms with Crippen LogP contribution in [0.25, 0.3) is 0 Å². The molecule has 0 aliphatic carbocycles. The molecule has 2 N–H and O–H groups in total. The predicted molar refractivity (Wildman–Crippen MR) is 64.4 cm³/mol. The maximum Gasteiger partial charge on any atom is 0.243 e. The van der Waals surface area contributed by atoms with E-state index in [0.717, 1.165) is 9.53 Å². The van der Waals surface area contributed by atoms with Crippen LogP contribution in [0.2, 0.25) is 0 Å². The molecule has 6 heteroatoms. The van der Waals surface area contributed by atoms with E-state index >= 15 is 0 Å². The van der Waals surface area contributed by atoms with Crippen LogP contribution in [-0.2, 0) is 16.1 Å². The van der Waals surface area contributed by atoms with Crippen molar-refractivity contribution in [3.05, 3.63) is 21.7 Å². The number of amides is 2. The molecule has 86 valence electrons. The zero-order chi connectivity index (χ0) is 11.5. The van der Waals surface area contributed by atoms with E-state index in [1.165, 1.54) is 0 Å². The van der Waals surface area contributed by atoms with Crippen LogP contribution in [0.1, 0.15) is 18.6 Å². The fraction of sp³-hybridized carbons (Fsp3) is 0.400. The number of rotatable bonds is 3. The first kappa shape index (κ1) is 11.6. The van der Waals surface area contributed by atoms with Crippen LogP contribution in [0.4, 0.5) is 0 Å². The van der Waals surface area contributed by atoms with Gasteiger partial charge in [-0.2, -0.15) is 0 Å². The van der Waals surface area contributed by atoms with Crippen molar-refractivity contribution in [3.63, 3.8) is 0 Å². The first-order valence-electron chi connectivity index (χ1n) is 4.96. The van der Waals surface area contributed by atoms with Gasteiger partial charge in [0.25, 0.3) is 0 Å². The number of hydrogen-bond acceptors (Lipinski definition) is 4. The van der Waals surface area contributed by atoms with Crippen LogP contribution < -0.4 is 10.6 Å². The largest absolute Gasteiger partial charge is 0.454 e. The molecule has 1 aliphatic rings. The fourth-order valence-electron chi connectivity index (χ4n) is 1.56. The molecule has 0 aromatic carbocycles. The van der Waals surface area contributed by atoms with Gasteiger partial charge in [-0.25, -0.2) is 0 Å². The van der Waals surface area contributed by atoms with E-state index in [9.17, 15) is 9.59 Å². The monoisotopic (exact) mass is 334 g/mol. The standard InChI is InChI=1S/C10H11IN2O3/c11-8-3-1-6(16-8)5-12-7-2-4-9(14)13-10(7)15/h1,3,7,12H,2,4-5H2,(H,13,14,15). The molecular weight excluding hydrogens is 323 g/mol.